The molecule has 1 aliphatic rings. The van der Waals surface area contributed by atoms with E-state index in [-0.39, 0.29) is 12.0 Å². The molecule has 1 saturated heterocycles. The Kier molecular flexibility index (Phi) is 3.56. The van der Waals surface area contributed by atoms with E-state index in [0.717, 1.165) is 44.7 Å². The zero-order chi connectivity index (χ0) is 11.4. The molecule has 1 unspecified atom stereocenters. The number of hydrogen-bond acceptors (Lipinski definition) is 4. The number of aromatic nitrogens is 3. The number of aryl methyl sites for hydroxylation is 1. The van der Waals surface area contributed by atoms with E-state index in [4.69, 9.17) is 0 Å². The molecule has 1 aromatic rings. The van der Waals surface area contributed by atoms with Crippen molar-refractivity contribution in [2.45, 2.75) is 32.7 Å². The third-order valence-electron chi connectivity index (χ3n) is 3.33. The minimum atomic E-state index is -0.0292. The van der Waals surface area contributed by atoms with Gasteiger partial charge in [-0.05, 0) is 19.4 Å². The Morgan fingerprint density at radius 2 is 2.50 bits per heavy atom. The van der Waals surface area contributed by atoms with Crippen LogP contribution in [0.2, 0.25) is 0 Å². The lowest BCUT2D eigenvalue weighted by Crippen LogP contribution is -2.32. The Balaban J connectivity index is 2.09. The van der Waals surface area contributed by atoms with Crippen LogP contribution in [-0.4, -0.2) is 39.6 Å². The van der Waals surface area contributed by atoms with Crippen LogP contribution in [0.3, 0.4) is 0 Å². The highest BCUT2D eigenvalue weighted by atomic mass is 16.3. The molecule has 0 radical (unpaired) electrons. The van der Waals surface area contributed by atoms with E-state index in [1.807, 2.05) is 4.68 Å². The molecule has 1 aromatic heterocycles. The van der Waals surface area contributed by atoms with Crippen LogP contribution in [0.4, 0.5) is 0 Å². The second kappa shape index (κ2) is 4.93. The van der Waals surface area contributed by atoms with Gasteiger partial charge in [0.05, 0.1) is 6.61 Å². The summed E-state index contributed by atoms with van der Waals surface area (Å²) in [6, 6.07) is 0. The lowest BCUT2D eigenvalue weighted by atomic mass is 9.84. The molecule has 2 heterocycles. The maximum absolute atomic E-state index is 9.54. The van der Waals surface area contributed by atoms with Crippen LogP contribution >= 0.6 is 0 Å². The molecule has 0 spiro atoms. The summed E-state index contributed by atoms with van der Waals surface area (Å²) in [6.45, 7) is 5.12. The maximum Gasteiger partial charge on any atom is 0.138 e. The Morgan fingerprint density at radius 3 is 3.12 bits per heavy atom. The fourth-order valence-corrected chi connectivity index (χ4v) is 2.30. The highest BCUT2D eigenvalue weighted by Gasteiger charge is 2.34. The fourth-order valence-electron chi connectivity index (χ4n) is 2.30. The molecule has 1 fully saturated rings. The topological polar surface area (TPSA) is 63.0 Å². The minimum absolute atomic E-state index is 0.0292. The maximum atomic E-state index is 9.54. The quantitative estimate of drug-likeness (QED) is 0.750. The zero-order valence-electron chi connectivity index (χ0n) is 9.82. The zero-order valence-corrected chi connectivity index (χ0v) is 9.82. The van der Waals surface area contributed by atoms with Crippen molar-refractivity contribution in [2.75, 3.05) is 19.7 Å². The molecular weight excluding hydrogens is 204 g/mol. The molecular formula is C11H20N4O. The summed E-state index contributed by atoms with van der Waals surface area (Å²) < 4.78 is 1.95. The van der Waals surface area contributed by atoms with Gasteiger partial charge in [0.15, 0.2) is 0 Å². The van der Waals surface area contributed by atoms with Crippen LogP contribution in [0.1, 0.15) is 25.6 Å². The van der Waals surface area contributed by atoms with E-state index in [0.29, 0.717) is 0 Å². The van der Waals surface area contributed by atoms with E-state index in [1.165, 1.54) is 0 Å². The smallest absolute Gasteiger partial charge is 0.138 e. The third-order valence-corrected chi connectivity index (χ3v) is 3.33. The highest BCUT2D eigenvalue weighted by Crippen LogP contribution is 2.28. The minimum Gasteiger partial charge on any atom is -0.396 e. The van der Waals surface area contributed by atoms with Crippen molar-refractivity contribution in [3.8, 4) is 0 Å². The number of rotatable bonds is 5. The van der Waals surface area contributed by atoms with Gasteiger partial charge in [-0.15, -0.1) is 0 Å². The lowest BCUT2D eigenvalue weighted by molar-refractivity contribution is 0.139. The molecule has 5 nitrogen and oxygen atoms in total. The lowest BCUT2D eigenvalue weighted by Gasteiger charge is -2.24. The molecule has 0 amide bonds. The Morgan fingerprint density at radius 1 is 1.62 bits per heavy atom. The Hall–Kier alpha value is -0.940. The summed E-state index contributed by atoms with van der Waals surface area (Å²) in [5.41, 5.74) is -0.0292. The van der Waals surface area contributed by atoms with Crippen molar-refractivity contribution < 1.29 is 5.11 Å². The number of nitrogens with zero attached hydrogens (tertiary/aromatic N) is 3. The van der Waals surface area contributed by atoms with Gasteiger partial charge >= 0.3 is 0 Å². The van der Waals surface area contributed by atoms with E-state index >= 15 is 0 Å². The van der Waals surface area contributed by atoms with E-state index in [2.05, 4.69) is 22.3 Å². The molecule has 0 aliphatic carbocycles. The van der Waals surface area contributed by atoms with Crippen molar-refractivity contribution in [1.29, 1.82) is 0 Å². The van der Waals surface area contributed by atoms with Crippen LogP contribution in [0.5, 0.6) is 0 Å². The summed E-state index contributed by atoms with van der Waals surface area (Å²) in [5.74, 6) is 1.000. The first-order chi connectivity index (χ1) is 7.79. The van der Waals surface area contributed by atoms with Gasteiger partial charge in [0.1, 0.15) is 12.2 Å². The molecule has 16 heavy (non-hydrogen) atoms. The van der Waals surface area contributed by atoms with Crippen molar-refractivity contribution in [3.63, 3.8) is 0 Å². The first-order valence-corrected chi connectivity index (χ1v) is 5.98. The van der Waals surface area contributed by atoms with Crippen molar-refractivity contribution in [3.05, 3.63) is 12.2 Å². The van der Waals surface area contributed by atoms with E-state index in [1.54, 1.807) is 6.33 Å². The van der Waals surface area contributed by atoms with Gasteiger partial charge in [-0.2, -0.15) is 5.10 Å². The second-order valence-electron chi connectivity index (χ2n) is 4.66. The van der Waals surface area contributed by atoms with Crippen LogP contribution in [0.25, 0.3) is 0 Å². The van der Waals surface area contributed by atoms with Gasteiger partial charge in [0.2, 0.25) is 0 Å². The first kappa shape index (κ1) is 11.5. The molecule has 0 saturated carbocycles. The third kappa shape index (κ3) is 2.25. The standard InChI is InChI=1S/C11H20N4O/c1-2-5-15-10(13-9-14-15)6-11(8-16)3-4-12-7-11/h9,12,16H,2-8H2,1H3. The normalized spacial score (nSPS) is 25.1. The average molecular weight is 224 g/mol. The largest absolute Gasteiger partial charge is 0.396 e. The summed E-state index contributed by atoms with van der Waals surface area (Å²) in [6.07, 6.45) is 4.50. The molecule has 0 aromatic carbocycles. The van der Waals surface area contributed by atoms with E-state index < -0.39 is 0 Å². The summed E-state index contributed by atoms with van der Waals surface area (Å²) in [4.78, 5) is 4.30. The van der Waals surface area contributed by atoms with Crippen LogP contribution in [0, 0.1) is 5.41 Å². The predicted octanol–water partition coefficient (Wildman–Crippen LogP) is 0.203. The van der Waals surface area contributed by atoms with E-state index in [9.17, 15) is 5.11 Å². The Labute approximate surface area is 95.9 Å². The van der Waals surface area contributed by atoms with Gasteiger partial charge in [-0.25, -0.2) is 4.98 Å². The van der Waals surface area contributed by atoms with Crippen molar-refractivity contribution in [1.82, 2.24) is 20.1 Å². The van der Waals surface area contributed by atoms with Crippen LogP contribution in [-0.2, 0) is 13.0 Å². The van der Waals surface area contributed by atoms with Gasteiger partial charge in [0, 0.05) is 24.9 Å². The van der Waals surface area contributed by atoms with Gasteiger partial charge in [-0.1, -0.05) is 6.92 Å². The summed E-state index contributed by atoms with van der Waals surface area (Å²) in [5, 5.41) is 17.1. The van der Waals surface area contributed by atoms with Crippen LogP contribution < -0.4 is 5.32 Å². The SMILES string of the molecule is CCCn1ncnc1CC1(CO)CCNC1. The van der Waals surface area contributed by atoms with Gasteiger partial charge in [-0.3, -0.25) is 4.68 Å². The number of nitrogens with one attached hydrogen (secondary N) is 1. The fraction of sp³-hybridized carbons (Fsp3) is 0.818. The van der Waals surface area contributed by atoms with Gasteiger partial charge < -0.3 is 10.4 Å². The molecule has 1 atom stereocenters. The van der Waals surface area contributed by atoms with Gasteiger partial charge in [0.25, 0.3) is 0 Å². The summed E-state index contributed by atoms with van der Waals surface area (Å²) in [7, 11) is 0. The highest BCUT2D eigenvalue weighted by molar-refractivity contribution is 4.98. The van der Waals surface area contributed by atoms with Crippen molar-refractivity contribution >= 4 is 0 Å². The first-order valence-electron chi connectivity index (χ1n) is 5.98. The molecule has 5 heteroatoms. The molecule has 1 aliphatic heterocycles. The van der Waals surface area contributed by atoms with Crippen LogP contribution in [0.15, 0.2) is 6.33 Å². The molecule has 0 bridgehead atoms. The monoisotopic (exact) mass is 224 g/mol. The molecule has 2 rings (SSSR count). The number of aliphatic hydroxyl groups excluding tert-OH is 1. The number of hydrogen-bond donors (Lipinski definition) is 2. The average Bonchev–Trinajstić information content (AvgIpc) is 2.91. The molecule has 2 N–H and O–H groups in total. The number of aliphatic hydroxyl groups is 1. The Bertz CT molecular complexity index is 330. The predicted molar refractivity (Wildman–Crippen MR) is 61.0 cm³/mol. The van der Waals surface area contributed by atoms with Crippen molar-refractivity contribution in [2.24, 2.45) is 5.41 Å². The second-order valence-corrected chi connectivity index (χ2v) is 4.66. The summed E-state index contributed by atoms with van der Waals surface area (Å²) >= 11 is 0. The molecule has 90 valence electrons.